The zero-order valence-electron chi connectivity index (χ0n) is 16.9. The molecule has 0 bridgehead atoms. The van der Waals surface area contributed by atoms with E-state index in [1.54, 1.807) is 0 Å². The predicted molar refractivity (Wildman–Crippen MR) is 112 cm³/mol. The zero-order chi connectivity index (χ0) is 19.7. The maximum absolute atomic E-state index is 12.6. The molecule has 1 aliphatic rings. The molecule has 3 aromatic rings. The molecule has 1 aromatic heterocycles. The first-order chi connectivity index (χ1) is 13.4. The number of rotatable bonds is 4. The van der Waals surface area contributed by atoms with Crippen LogP contribution in [0, 0.1) is 0 Å². The van der Waals surface area contributed by atoms with Crippen LogP contribution in [0.15, 0.2) is 48.5 Å². The number of benzene rings is 2. The molecule has 1 heterocycles. The number of fused-ring (bicyclic) bond motifs is 1. The lowest BCUT2D eigenvalue weighted by Gasteiger charge is -2.19. The Morgan fingerprint density at radius 2 is 1.75 bits per heavy atom. The summed E-state index contributed by atoms with van der Waals surface area (Å²) < 4.78 is 7.69. The van der Waals surface area contributed by atoms with Crippen molar-refractivity contribution in [3.05, 3.63) is 54.1 Å². The third kappa shape index (κ3) is 3.82. The third-order valence-electron chi connectivity index (χ3n) is 5.55. The summed E-state index contributed by atoms with van der Waals surface area (Å²) in [4.78, 5) is 17.4. The number of aromatic nitrogens is 2. The van der Waals surface area contributed by atoms with Crippen molar-refractivity contribution in [3.8, 4) is 11.4 Å². The summed E-state index contributed by atoms with van der Waals surface area (Å²) in [5, 5.41) is 0. The molecule has 0 atom stereocenters. The molecular formula is C24H28N2O2. The Kier molecular flexibility index (Phi) is 4.96. The monoisotopic (exact) mass is 376 g/mol. The van der Waals surface area contributed by atoms with Crippen molar-refractivity contribution in [1.82, 2.24) is 9.55 Å². The van der Waals surface area contributed by atoms with Gasteiger partial charge in [0.1, 0.15) is 18.5 Å². The number of nitrogens with zero attached hydrogens (tertiary/aromatic N) is 2. The van der Waals surface area contributed by atoms with Crippen molar-refractivity contribution in [3.63, 3.8) is 0 Å². The lowest BCUT2D eigenvalue weighted by Crippen LogP contribution is -2.20. The summed E-state index contributed by atoms with van der Waals surface area (Å²) in [6.07, 6.45) is 4.35. The highest BCUT2D eigenvalue weighted by atomic mass is 16.5. The Bertz CT molecular complexity index is 974. The van der Waals surface area contributed by atoms with Gasteiger partial charge in [-0.25, -0.2) is 4.98 Å². The SMILES string of the molecule is CC(C)(C)c1ccc(-c2nc3ccccc3n2CC(=O)OC2CCCC2)cc1. The molecule has 1 saturated carbocycles. The van der Waals surface area contributed by atoms with E-state index in [1.165, 1.54) is 5.56 Å². The Morgan fingerprint density at radius 1 is 1.07 bits per heavy atom. The molecule has 0 saturated heterocycles. The highest BCUT2D eigenvalue weighted by Crippen LogP contribution is 2.29. The minimum atomic E-state index is -0.178. The lowest BCUT2D eigenvalue weighted by atomic mass is 9.87. The fourth-order valence-electron chi connectivity index (χ4n) is 3.93. The van der Waals surface area contributed by atoms with Crippen LogP contribution in [0.3, 0.4) is 0 Å². The largest absolute Gasteiger partial charge is 0.461 e. The fraction of sp³-hybridized carbons (Fsp3) is 0.417. The van der Waals surface area contributed by atoms with Gasteiger partial charge in [-0.05, 0) is 48.8 Å². The van der Waals surface area contributed by atoms with Gasteiger partial charge in [-0.1, -0.05) is 57.2 Å². The molecule has 146 valence electrons. The van der Waals surface area contributed by atoms with Crippen LogP contribution in [0.5, 0.6) is 0 Å². The first kappa shape index (κ1) is 18.7. The van der Waals surface area contributed by atoms with Gasteiger partial charge in [0.05, 0.1) is 11.0 Å². The number of hydrogen-bond donors (Lipinski definition) is 0. The number of carbonyl (C=O) groups excluding carboxylic acids is 1. The summed E-state index contributed by atoms with van der Waals surface area (Å²) in [7, 11) is 0. The van der Waals surface area contributed by atoms with Crippen LogP contribution in [-0.4, -0.2) is 21.6 Å². The van der Waals surface area contributed by atoms with Crippen LogP contribution < -0.4 is 0 Å². The summed E-state index contributed by atoms with van der Waals surface area (Å²) in [5.74, 6) is 0.632. The summed E-state index contributed by atoms with van der Waals surface area (Å²) in [6.45, 7) is 6.80. The van der Waals surface area contributed by atoms with Crippen molar-refractivity contribution in [2.75, 3.05) is 0 Å². The van der Waals surface area contributed by atoms with Crippen molar-refractivity contribution in [2.24, 2.45) is 0 Å². The van der Waals surface area contributed by atoms with Gasteiger partial charge in [0.15, 0.2) is 0 Å². The van der Waals surface area contributed by atoms with Crippen molar-refractivity contribution >= 4 is 17.0 Å². The highest BCUT2D eigenvalue weighted by molar-refractivity contribution is 5.83. The number of esters is 1. The second-order valence-electron chi connectivity index (χ2n) is 8.73. The van der Waals surface area contributed by atoms with Crippen LogP contribution in [0.25, 0.3) is 22.4 Å². The second kappa shape index (κ2) is 7.42. The number of imidazole rings is 1. The van der Waals surface area contributed by atoms with Gasteiger partial charge in [0.2, 0.25) is 0 Å². The van der Waals surface area contributed by atoms with Crippen LogP contribution in [-0.2, 0) is 21.5 Å². The summed E-state index contributed by atoms with van der Waals surface area (Å²) >= 11 is 0. The molecule has 0 amide bonds. The van der Waals surface area contributed by atoms with E-state index in [2.05, 4.69) is 45.0 Å². The Balaban J connectivity index is 1.68. The van der Waals surface area contributed by atoms with Crippen LogP contribution >= 0.6 is 0 Å². The van der Waals surface area contributed by atoms with Gasteiger partial charge in [-0.15, -0.1) is 0 Å². The molecule has 0 radical (unpaired) electrons. The van der Waals surface area contributed by atoms with Gasteiger partial charge in [-0.3, -0.25) is 4.79 Å². The minimum Gasteiger partial charge on any atom is -0.461 e. The topological polar surface area (TPSA) is 44.1 Å². The molecule has 1 fully saturated rings. The van der Waals surface area contributed by atoms with Gasteiger partial charge in [0, 0.05) is 5.56 Å². The van der Waals surface area contributed by atoms with Crippen molar-refractivity contribution in [1.29, 1.82) is 0 Å². The van der Waals surface area contributed by atoms with Gasteiger partial charge in [0.25, 0.3) is 0 Å². The molecule has 0 spiro atoms. The van der Waals surface area contributed by atoms with E-state index in [9.17, 15) is 4.79 Å². The number of ether oxygens (including phenoxy) is 1. The number of carbonyl (C=O) groups is 1. The molecular weight excluding hydrogens is 348 g/mol. The molecule has 28 heavy (non-hydrogen) atoms. The Hall–Kier alpha value is -2.62. The molecule has 2 aromatic carbocycles. The van der Waals surface area contributed by atoms with E-state index >= 15 is 0 Å². The predicted octanol–water partition coefficient (Wildman–Crippen LogP) is 5.49. The van der Waals surface area contributed by atoms with Crippen LogP contribution in [0.1, 0.15) is 52.0 Å². The standard InChI is InChI=1S/C24H28N2O2/c1-24(2,3)18-14-12-17(13-15-18)23-25-20-10-6-7-11-21(20)26(23)16-22(27)28-19-8-4-5-9-19/h6-7,10-15,19H,4-5,8-9,16H2,1-3H3. The Morgan fingerprint density at radius 3 is 2.43 bits per heavy atom. The molecule has 4 rings (SSSR count). The summed E-state index contributed by atoms with van der Waals surface area (Å²) in [5.41, 5.74) is 4.24. The average molecular weight is 377 g/mol. The van der Waals surface area contributed by atoms with E-state index in [1.807, 2.05) is 28.8 Å². The normalized spacial score (nSPS) is 15.2. The van der Waals surface area contributed by atoms with Crippen LogP contribution in [0.4, 0.5) is 0 Å². The van der Waals surface area contributed by atoms with Gasteiger partial charge >= 0.3 is 5.97 Å². The first-order valence-electron chi connectivity index (χ1n) is 10.2. The molecule has 0 unspecified atom stereocenters. The van der Waals surface area contributed by atoms with Crippen molar-refractivity contribution < 1.29 is 9.53 Å². The Labute approximate surface area is 166 Å². The van der Waals surface area contributed by atoms with Crippen molar-refractivity contribution in [2.45, 2.75) is 64.5 Å². The first-order valence-corrected chi connectivity index (χ1v) is 10.2. The number of para-hydroxylation sites is 2. The van der Waals surface area contributed by atoms with E-state index in [4.69, 9.17) is 9.72 Å². The van der Waals surface area contributed by atoms with E-state index < -0.39 is 0 Å². The lowest BCUT2D eigenvalue weighted by molar-refractivity contribution is -0.149. The van der Waals surface area contributed by atoms with Gasteiger partial charge in [-0.2, -0.15) is 0 Å². The molecule has 1 aliphatic carbocycles. The molecule has 4 heteroatoms. The maximum atomic E-state index is 12.6. The van der Waals surface area contributed by atoms with Crippen LogP contribution in [0.2, 0.25) is 0 Å². The second-order valence-corrected chi connectivity index (χ2v) is 8.73. The quantitative estimate of drug-likeness (QED) is 0.566. The number of hydrogen-bond acceptors (Lipinski definition) is 3. The zero-order valence-corrected chi connectivity index (χ0v) is 16.9. The third-order valence-corrected chi connectivity index (χ3v) is 5.55. The smallest absolute Gasteiger partial charge is 0.326 e. The summed E-state index contributed by atoms with van der Waals surface area (Å²) in [6, 6.07) is 16.4. The minimum absolute atomic E-state index is 0.0804. The average Bonchev–Trinajstić information content (AvgIpc) is 3.29. The van der Waals surface area contributed by atoms with E-state index in [0.29, 0.717) is 0 Å². The molecule has 0 N–H and O–H groups in total. The molecule has 4 nitrogen and oxygen atoms in total. The highest BCUT2D eigenvalue weighted by Gasteiger charge is 2.22. The van der Waals surface area contributed by atoms with E-state index in [-0.39, 0.29) is 24.0 Å². The maximum Gasteiger partial charge on any atom is 0.326 e. The van der Waals surface area contributed by atoms with E-state index in [0.717, 1.165) is 48.1 Å². The fourth-order valence-corrected chi connectivity index (χ4v) is 3.93. The molecule has 0 aliphatic heterocycles. The van der Waals surface area contributed by atoms with Gasteiger partial charge < -0.3 is 9.30 Å².